The number of rotatable bonds is 10. The second-order valence-corrected chi connectivity index (χ2v) is 13.6. The Hall–Kier alpha value is -2.11. The highest BCUT2D eigenvalue weighted by Crippen LogP contribution is 2.20. The summed E-state index contributed by atoms with van der Waals surface area (Å²) in [5.41, 5.74) is 0.0981. The Morgan fingerprint density at radius 1 is 0.824 bits per heavy atom. The molecule has 6 nitrogen and oxygen atoms in total. The van der Waals surface area contributed by atoms with Crippen LogP contribution in [0.4, 0.5) is 0 Å². The zero-order chi connectivity index (χ0) is 25.2. The highest BCUT2D eigenvalue weighted by molar-refractivity contribution is 6.27. The summed E-state index contributed by atoms with van der Waals surface area (Å²) in [6.45, 7) is 16.9. The third-order valence-corrected chi connectivity index (χ3v) is 9.33. The summed E-state index contributed by atoms with van der Waals surface area (Å²) in [6.07, 6.45) is 2.29. The first-order valence-corrected chi connectivity index (χ1v) is 15.6. The third-order valence-electron chi connectivity index (χ3n) is 5.61. The molecule has 0 unspecified atom stereocenters. The van der Waals surface area contributed by atoms with Crippen molar-refractivity contribution in [3.8, 4) is 12.1 Å². The second kappa shape index (κ2) is 13.1. The van der Waals surface area contributed by atoms with Crippen molar-refractivity contribution in [2.75, 3.05) is 26.2 Å². The Morgan fingerprint density at radius 3 is 1.65 bits per heavy atom. The standard InChI is InChI=1S/C26H42N4O2Si2/c1-25(2,3)31-33-17-7-13-29-15-16-30(14-8-18-34-32-26(4,5)6)24(29)22-11-9-21(10-12-22)23(19-27)20-28/h9-12H,7-8,13-18,33-34H2,1-6H3. The molecule has 186 valence electrons. The van der Waals surface area contributed by atoms with Gasteiger partial charge in [0.15, 0.2) is 19.5 Å². The summed E-state index contributed by atoms with van der Waals surface area (Å²) < 4.78 is 12.0. The van der Waals surface area contributed by atoms with E-state index in [-0.39, 0.29) is 16.8 Å². The number of hydrogen-bond acceptors (Lipinski definition) is 6. The van der Waals surface area contributed by atoms with Crippen molar-refractivity contribution in [1.29, 1.82) is 10.5 Å². The van der Waals surface area contributed by atoms with Crippen LogP contribution in [-0.2, 0) is 8.85 Å². The molecule has 1 aromatic carbocycles. The number of nitriles is 2. The van der Waals surface area contributed by atoms with Crippen LogP contribution >= 0.6 is 0 Å². The van der Waals surface area contributed by atoms with Crippen LogP contribution in [0.3, 0.4) is 0 Å². The van der Waals surface area contributed by atoms with Crippen molar-refractivity contribution in [2.24, 2.45) is 0 Å². The minimum atomic E-state index is -0.497. The summed E-state index contributed by atoms with van der Waals surface area (Å²) in [5.74, 6) is 1.28. The Labute approximate surface area is 210 Å². The average molecular weight is 499 g/mol. The fraction of sp³-hybridized carbons (Fsp3) is 0.615. The molecule has 0 aromatic heterocycles. The Bertz CT molecular complexity index is 927. The first-order valence-electron chi connectivity index (χ1n) is 12.5. The monoisotopic (exact) mass is 498 g/mol. The summed E-state index contributed by atoms with van der Waals surface area (Å²) >= 11 is 0. The second-order valence-electron chi connectivity index (χ2n) is 10.8. The largest absolute Gasteiger partial charge is 0.419 e. The van der Waals surface area contributed by atoms with E-state index in [1.807, 2.05) is 24.3 Å². The van der Waals surface area contributed by atoms with E-state index in [0.717, 1.165) is 44.2 Å². The molecule has 0 amide bonds. The minimum Gasteiger partial charge on any atom is -0.419 e. The van der Waals surface area contributed by atoms with E-state index in [1.54, 1.807) is 0 Å². The minimum absolute atomic E-state index is 0.0293. The molecule has 1 aliphatic rings. The molecule has 34 heavy (non-hydrogen) atoms. The van der Waals surface area contributed by atoms with E-state index in [9.17, 15) is 10.5 Å². The summed E-state index contributed by atoms with van der Waals surface area (Å²) in [4.78, 5) is 5.01. The lowest BCUT2D eigenvalue weighted by molar-refractivity contribution is 0.137. The molecule has 1 aliphatic heterocycles. The van der Waals surface area contributed by atoms with Crippen LogP contribution in [0.1, 0.15) is 54.4 Å². The zero-order valence-electron chi connectivity index (χ0n) is 22.0. The predicted molar refractivity (Wildman–Crippen MR) is 144 cm³/mol. The molecule has 0 bridgehead atoms. The number of benzene rings is 1. The van der Waals surface area contributed by atoms with Gasteiger partial charge in [0.25, 0.3) is 0 Å². The Kier molecular flexibility index (Phi) is 10.8. The lowest BCUT2D eigenvalue weighted by atomic mass is 10.2. The van der Waals surface area contributed by atoms with Crippen LogP contribution in [0.25, 0.3) is 11.4 Å². The van der Waals surface area contributed by atoms with Crippen LogP contribution in [0.15, 0.2) is 24.3 Å². The van der Waals surface area contributed by atoms with Crippen molar-refractivity contribution >= 4 is 30.9 Å². The summed E-state index contributed by atoms with van der Waals surface area (Å²) in [7, 11) is -0.995. The van der Waals surface area contributed by atoms with Crippen LogP contribution in [0.5, 0.6) is 0 Å². The average Bonchev–Trinajstić information content (AvgIpc) is 3.15. The summed E-state index contributed by atoms with van der Waals surface area (Å²) in [5, 5.41) is 20.2. The van der Waals surface area contributed by atoms with Crippen molar-refractivity contribution in [1.82, 2.24) is 9.80 Å². The van der Waals surface area contributed by atoms with Crippen molar-refractivity contribution < 1.29 is 8.85 Å². The maximum atomic E-state index is 9.18. The highest BCUT2D eigenvalue weighted by atomic mass is 28.2. The molecule has 1 aromatic rings. The zero-order valence-corrected chi connectivity index (χ0v) is 24.8. The molecule has 1 heterocycles. The molecule has 8 heteroatoms. The van der Waals surface area contributed by atoms with Gasteiger partial charge in [-0.15, -0.1) is 0 Å². The highest BCUT2D eigenvalue weighted by Gasteiger charge is 2.24. The number of nitrogens with zero attached hydrogens (tertiary/aromatic N) is 4. The van der Waals surface area contributed by atoms with Gasteiger partial charge in [0, 0.05) is 47.8 Å². The van der Waals surface area contributed by atoms with E-state index in [4.69, 9.17) is 8.85 Å². The maximum absolute atomic E-state index is 9.18. The van der Waals surface area contributed by atoms with Gasteiger partial charge < -0.3 is 18.7 Å². The van der Waals surface area contributed by atoms with Crippen LogP contribution in [0.2, 0.25) is 12.1 Å². The first kappa shape index (κ1) is 28.1. The number of hydrogen-bond donors (Lipinski definition) is 0. The SMILES string of the molecule is CC(C)(C)O[SiH2]CCCN1CCN(CCC[SiH2]OC(C)(C)C)C1=c1ccc(=C(C#N)C#N)cc1. The smallest absolute Gasteiger partial charge is 0.162 e. The normalized spacial score (nSPS) is 15.0. The molecule has 0 saturated carbocycles. The van der Waals surface area contributed by atoms with E-state index in [2.05, 4.69) is 63.5 Å². The van der Waals surface area contributed by atoms with Crippen molar-refractivity contribution in [3.63, 3.8) is 0 Å². The van der Waals surface area contributed by atoms with E-state index in [0.29, 0.717) is 5.22 Å². The fourth-order valence-electron chi connectivity index (χ4n) is 3.96. The Balaban J connectivity index is 2.13. The molecule has 2 rings (SSSR count). The van der Waals surface area contributed by atoms with Crippen LogP contribution in [0, 0.1) is 22.7 Å². The van der Waals surface area contributed by atoms with Gasteiger partial charge >= 0.3 is 0 Å². The van der Waals surface area contributed by atoms with Gasteiger partial charge in [-0.05, 0) is 66.5 Å². The fourth-order valence-corrected chi connectivity index (χ4v) is 6.33. The lowest BCUT2D eigenvalue weighted by Crippen LogP contribution is -2.31. The quantitative estimate of drug-likeness (QED) is 0.363. The molecule has 0 radical (unpaired) electrons. The van der Waals surface area contributed by atoms with E-state index < -0.39 is 19.5 Å². The van der Waals surface area contributed by atoms with Crippen LogP contribution in [-0.4, -0.2) is 66.7 Å². The maximum Gasteiger partial charge on any atom is 0.162 e. The summed E-state index contributed by atoms with van der Waals surface area (Å²) in [6, 6.07) is 14.2. The van der Waals surface area contributed by atoms with Crippen LogP contribution < -0.4 is 10.4 Å². The first-order chi connectivity index (χ1) is 16.0. The molecule has 1 saturated heterocycles. The van der Waals surface area contributed by atoms with E-state index in [1.165, 1.54) is 17.9 Å². The van der Waals surface area contributed by atoms with Crippen molar-refractivity contribution in [2.45, 2.75) is 77.7 Å². The molecule has 0 aliphatic carbocycles. The molecular formula is C26H42N4O2Si2. The van der Waals surface area contributed by atoms with E-state index >= 15 is 0 Å². The van der Waals surface area contributed by atoms with Gasteiger partial charge in [-0.2, -0.15) is 10.5 Å². The van der Waals surface area contributed by atoms with Gasteiger partial charge in [0.1, 0.15) is 23.5 Å². The van der Waals surface area contributed by atoms with Gasteiger partial charge in [-0.3, -0.25) is 0 Å². The van der Waals surface area contributed by atoms with Crippen molar-refractivity contribution in [3.05, 3.63) is 34.7 Å². The molecule has 0 N–H and O–H groups in total. The predicted octanol–water partition coefficient (Wildman–Crippen LogP) is 1.98. The molecule has 1 fully saturated rings. The molecule has 0 atom stereocenters. The Morgan fingerprint density at radius 2 is 1.26 bits per heavy atom. The van der Waals surface area contributed by atoms with Gasteiger partial charge in [0.2, 0.25) is 0 Å². The van der Waals surface area contributed by atoms with Gasteiger partial charge in [-0.1, -0.05) is 24.3 Å². The third kappa shape index (κ3) is 9.64. The molecular weight excluding hydrogens is 456 g/mol. The lowest BCUT2D eigenvalue weighted by Gasteiger charge is -2.26. The topological polar surface area (TPSA) is 72.5 Å². The molecule has 0 spiro atoms. The van der Waals surface area contributed by atoms with Gasteiger partial charge in [-0.25, -0.2) is 0 Å². The van der Waals surface area contributed by atoms with Gasteiger partial charge in [0.05, 0.1) is 0 Å².